The molecule has 3 rings (SSSR count). The van der Waals surface area contributed by atoms with Gasteiger partial charge in [0.1, 0.15) is 4.91 Å². The monoisotopic (exact) mass is 354 g/mol. The number of methoxy groups -OCH3 is 1. The summed E-state index contributed by atoms with van der Waals surface area (Å²) >= 11 is 1.42. The lowest BCUT2D eigenvalue weighted by molar-refractivity contribution is -0.135. The molecule has 1 heterocycles. The summed E-state index contributed by atoms with van der Waals surface area (Å²) in [7, 11) is 1.34. The zero-order chi connectivity index (χ0) is 17.6. The Morgan fingerprint density at radius 3 is 2.28 bits per heavy atom. The largest absolute Gasteiger partial charge is 0.465 e. The van der Waals surface area contributed by atoms with Gasteiger partial charge in [0.05, 0.1) is 7.11 Å². The lowest BCUT2D eigenvalue weighted by Gasteiger charge is -2.11. The van der Waals surface area contributed by atoms with Gasteiger partial charge in [-0.3, -0.25) is 0 Å². The van der Waals surface area contributed by atoms with E-state index < -0.39 is 5.97 Å². The van der Waals surface area contributed by atoms with Crippen molar-refractivity contribution in [1.29, 1.82) is 0 Å². The van der Waals surface area contributed by atoms with E-state index in [1.807, 2.05) is 48.5 Å². The van der Waals surface area contributed by atoms with E-state index in [2.05, 4.69) is 10.6 Å². The lowest BCUT2D eigenvalue weighted by Crippen LogP contribution is -2.29. The second kappa shape index (κ2) is 7.90. The van der Waals surface area contributed by atoms with Gasteiger partial charge in [-0.15, -0.1) is 11.8 Å². The SMILES string of the molecule is COC(=O)C1=C(NC(=O)Nc2ccccc2)CC(c2ccccc2)S1. The van der Waals surface area contributed by atoms with Crippen LogP contribution >= 0.6 is 11.8 Å². The molecule has 0 aliphatic carbocycles. The maximum atomic E-state index is 12.3. The second-order valence-electron chi connectivity index (χ2n) is 5.47. The molecule has 0 radical (unpaired) electrons. The standard InChI is InChI=1S/C19H18N2O3S/c1-24-18(22)17-15(12-16(25-17)13-8-4-2-5-9-13)21-19(23)20-14-10-6-3-7-11-14/h2-11,16H,12H2,1H3,(H2,20,21,23). The predicted molar refractivity (Wildman–Crippen MR) is 99.0 cm³/mol. The highest BCUT2D eigenvalue weighted by Gasteiger charge is 2.32. The molecule has 2 aromatic rings. The lowest BCUT2D eigenvalue weighted by atomic mass is 10.1. The van der Waals surface area contributed by atoms with Gasteiger partial charge in [-0.05, 0) is 17.7 Å². The summed E-state index contributed by atoms with van der Waals surface area (Å²) in [6.45, 7) is 0. The van der Waals surface area contributed by atoms with Crippen molar-refractivity contribution in [2.45, 2.75) is 11.7 Å². The quantitative estimate of drug-likeness (QED) is 0.812. The van der Waals surface area contributed by atoms with Crippen LogP contribution in [0.4, 0.5) is 10.5 Å². The maximum Gasteiger partial charge on any atom is 0.346 e. The van der Waals surface area contributed by atoms with Gasteiger partial charge >= 0.3 is 12.0 Å². The first kappa shape index (κ1) is 17.1. The topological polar surface area (TPSA) is 67.4 Å². The van der Waals surface area contributed by atoms with Crippen LogP contribution in [0.25, 0.3) is 0 Å². The summed E-state index contributed by atoms with van der Waals surface area (Å²) < 4.78 is 4.86. The Hall–Kier alpha value is -2.73. The molecule has 5 nitrogen and oxygen atoms in total. The van der Waals surface area contributed by atoms with Crippen LogP contribution in [0.2, 0.25) is 0 Å². The van der Waals surface area contributed by atoms with Gasteiger partial charge in [0.15, 0.2) is 0 Å². The predicted octanol–water partition coefficient (Wildman–Crippen LogP) is 4.07. The van der Waals surface area contributed by atoms with Crippen LogP contribution in [0.15, 0.2) is 71.3 Å². The van der Waals surface area contributed by atoms with Crippen molar-refractivity contribution in [3.05, 3.63) is 76.8 Å². The first-order chi connectivity index (χ1) is 12.2. The smallest absolute Gasteiger partial charge is 0.346 e. The van der Waals surface area contributed by atoms with Crippen molar-refractivity contribution in [3.63, 3.8) is 0 Å². The van der Waals surface area contributed by atoms with Crippen LogP contribution < -0.4 is 10.6 Å². The van der Waals surface area contributed by atoms with Crippen molar-refractivity contribution in [2.75, 3.05) is 12.4 Å². The molecule has 6 heteroatoms. The molecule has 2 N–H and O–H groups in total. The minimum absolute atomic E-state index is 0.0716. The molecule has 0 saturated heterocycles. The van der Waals surface area contributed by atoms with Gasteiger partial charge in [0.25, 0.3) is 0 Å². The third-order valence-corrected chi connectivity index (χ3v) is 5.13. The highest BCUT2D eigenvalue weighted by molar-refractivity contribution is 8.04. The van der Waals surface area contributed by atoms with Crippen LogP contribution in [-0.2, 0) is 9.53 Å². The molecule has 2 aromatic carbocycles. The van der Waals surface area contributed by atoms with E-state index in [-0.39, 0.29) is 11.3 Å². The number of carbonyl (C=O) groups is 2. The molecular formula is C19H18N2O3S. The first-order valence-electron chi connectivity index (χ1n) is 7.83. The number of hydrogen-bond acceptors (Lipinski definition) is 4. The number of allylic oxidation sites excluding steroid dienone is 1. The minimum Gasteiger partial charge on any atom is -0.465 e. The second-order valence-corrected chi connectivity index (χ2v) is 6.68. The zero-order valence-electron chi connectivity index (χ0n) is 13.7. The number of rotatable bonds is 4. The molecule has 0 aromatic heterocycles. The van der Waals surface area contributed by atoms with Crippen molar-refractivity contribution in [3.8, 4) is 0 Å². The minimum atomic E-state index is -0.432. The van der Waals surface area contributed by atoms with Gasteiger partial charge in [0.2, 0.25) is 0 Å². The third-order valence-electron chi connectivity index (χ3n) is 3.76. The van der Waals surface area contributed by atoms with E-state index in [1.165, 1.54) is 18.9 Å². The van der Waals surface area contributed by atoms with Crippen molar-refractivity contribution >= 4 is 29.4 Å². The molecule has 1 aliphatic rings. The Kier molecular flexibility index (Phi) is 5.40. The molecular weight excluding hydrogens is 336 g/mol. The Bertz CT molecular complexity index is 791. The number of hydrogen-bond donors (Lipinski definition) is 2. The number of urea groups is 1. The highest BCUT2D eigenvalue weighted by Crippen LogP contribution is 2.47. The number of anilines is 1. The van der Waals surface area contributed by atoms with Gasteiger partial charge in [0, 0.05) is 23.1 Å². The summed E-state index contributed by atoms with van der Waals surface area (Å²) in [5.41, 5.74) is 2.37. The zero-order valence-corrected chi connectivity index (χ0v) is 14.5. The number of para-hydroxylation sites is 1. The molecule has 1 atom stereocenters. The summed E-state index contributed by atoms with van der Waals surface area (Å²) in [4.78, 5) is 24.8. The number of carbonyl (C=O) groups excluding carboxylic acids is 2. The van der Waals surface area contributed by atoms with Gasteiger partial charge in [-0.25, -0.2) is 9.59 Å². The summed E-state index contributed by atoms with van der Waals surface area (Å²) in [5, 5.41) is 5.63. The molecule has 128 valence electrons. The van der Waals surface area contributed by atoms with Crippen molar-refractivity contribution in [2.24, 2.45) is 0 Å². The highest BCUT2D eigenvalue weighted by atomic mass is 32.2. The molecule has 25 heavy (non-hydrogen) atoms. The molecule has 0 bridgehead atoms. The fraction of sp³-hybridized carbons (Fsp3) is 0.158. The first-order valence-corrected chi connectivity index (χ1v) is 8.71. The van der Waals surface area contributed by atoms with E-state index in [0.29, 0.717) is 22.7 Å². The average Bonchev–Trinajstić information content (AvgIpc) is 3.06. The summed E-state index contributed by atoms with van der Waals surface area (Å²) in [5.74, 6) is -0.432. The van der Waals surface area contributed by atoms with E-state index >= 15 is 0 Å². The van der Waals surface area contributed by atoms with E-state index in [4.69, 9.17) is 4.74 Å². The van der Waals surface area contributed by atoms with Crippen LogP contribution in [-0.4, -0.2) is 19.1 Å². The number of amides is 2. The molecule has 0 saturated carbocycles. The van der Waals surface area contributed by atoms with E-state index in [9.17, 15) is 9.59 Å². The van der Waals surface area contributed by atoms with Gasteiger partial charge in [-0.1, -0.05) is 48.5 Å². The number of ether oxygens (including phenoxy) is 1. The van der Waals surface area contributed by atoms with Gasteiger partial charge in [-0.2, -0.15) is 0 Å². The molecule has 1 unspecified atom stereocenters. The Labute approximate surface area is 150 Å². The van der Waals surface area contributed by atoms with Crippen molar-refractivity contribution < 1.29 is 14.3 Å². The number of benzene rings is 2. The maximum absolute atomic E-state index is 12.3. The van der Waals surface area contributed by atoms with Crippen LogP contribution in [0.1, 0.15) is 17.2 Å². The Morgan fingerprint density at radius 2 is 1.64 bits per heavy atom. The normalized spacial score (nSPS) is 16.4. The van der Waals surface area contributed by atoms with E-state index in [0.717, 1.165) is 5.56 Å². The Balaban J connectivity index is 1.74. The van der Waals surface area contributed by atoms with Crippen LogP contribution in [0.5, 0.6) is 0 Å². The molecule has 0 spiro atoms. The number of esters is 1. The van der Waals surface area contributed by atoms with E-state index in [1.54, 1.807) is 12.1 Å². The average molecular weight is 354 g/mol. The summed E-state index contributed by atoms with van der Waals surface area (Å²) in [6, 6.07) is 18.7. The molecule has 1 aliphatic heterocycles. The number of nitrogens with one attached hydrogen (secondary N) is 2. The number of thioether (sulfide) groups is 1. The third kappa shape index (κ3) is 4.22. The van der Waals surface area contributed by atoms with Crippen LogP contribution in [0, 0.1) is 0 Å². The fourth-order valence-electron chi connectivity index (χ4n) is 2.58. The fourth-order valence-corrected chi connectivity index (χ4v) is 3.86. The Morgan fingerprint density at radius 1 is 1.00 bits per heavy atom. The molecule has 0 fully saturated rings. The van der Waals surface area contributed by atoms with Crippen LogP contribution in [0.3, 0.4) is 0 Å². The summed E-state index contributed by atoms with van der Waals surface area (Å²) in [6.07, 6.45) is 0.557. The van der Waals surface area contributed by atoms with Gasteiger partial charge < -0.3 is 15.4 Å². The molecule has 2 amide bonds. The van der Waals surface area contributed by atoms with Crippen molar-refractivity contribution in [1.82, 2.24) is 5.32 Å².